The number of hydrogen-bond acceptors (Lipinski definition) is 3. The molecule has 1 aromatic carbocycles. The summed E-state index contributed by atoms with van der Waals surface area (Å²) in [5.74, 6) is 0.782. The molecule has 28 heavy (non-hydrogen) atoms. The molecule has 1 aromatic rings. The molecule has 0 aromatic heterocycles. The van der Waals surface area contributed by atoms with E-state index < -0.39 is 0 Å². The fraction of sp³-hybridized carbons (Fsp3) is 0.619. The number of aliphatic imine (C=N–C) groups is 1. The molecule has 0 atom stereocenters. The molecule has 1 saturated heterocycles. The SMILES string of the molecule is CCNC(=NCCCCN1CCC(C(N)=O)CC1)NCCc1ccccc1Cl. The number of piperidine rings is 1. The molecule has 156 valence electrons. The zero-order valence-corrected chi connectivity index (χ0v) is 17.7. The lowest BCUT2D eigenvalue weighted by Crippen LogP contribution is -2.39. The van der Waals surface area contributed by atoms with Crippen LogP contribution in [0.25, 0.3) is 0 Å². The Morgan fingerprint density at radius 2 is 2.00 bits per heavy atom. The number of benzene rings is 1. The van der Waals surface area contributed by atoms with Gasteiger partial charge in [0.05, 0.1) is 0 Å². The lowest BCUT2D eigenvalue weighted by atomic mass is 9.96. The number of rotatable bonds is 10. The van der Waals surface area contributed by atoms with Crippen LogP contribution in [-0.4, -0.2) is 56.0 Å². The van der Waals surface area contributed by atoms with Crippen molar-refractivity contribution in [1.82, 2.24) is 15.5 Å². The van der Waals surface area contributed by atoms with E-state index in [2.05, 4.69) is 33.5 Å². The Balaban J connectivity index is 1.63. The van der Waals surface area contributed by atoms with Crippen molar-refractivity contribution in [2.45, 2.75) is 39.0 Å². The summed E-state index contributed by atoms with van der Waals surface area (Å²) in [6, 6.07) is 7.94. The van der Waals surface area contributed by atoms with Crippen LogP contribution in [-0.2, 0) is 11.2 Å². The van der Waals surface area contributed by atoms with Crippen LogP contribution in [0.4, 0.5) is 0 Å². The summed E-state index contributed by atoms with van der Waals surface area (Å²) in [6.07, 6.45) is 4.83. The Hall–Kier alpha value is -1.79. The Labute approximate surface area is 173 Å². The van der Waals surface area contributed by atoms with Gasteiger partial charge in [-0.15, -0.1) is 0 Å². The van der Waals surface area contributed by atoms with E-state index in [1.807, 2.05) is 18.2 Å². The number of nitrogens with zero attached hydrogens (tertiary/aromatic N) is 2. The minimum Gasteiger partial charge on any atom is -0.369 e. The first-order chi connectivity index (χ1) is 13.6. The van der Waals surface area contributed by atoms with Crippen LogP contribution in [0.2, 0.25) is 5.02 Å². The Kier molecular flexibility index (Phi) is 10.1. The molecule has 1 fully saturated rings. The third kappa shape index (κ3) is 8.07. The van der Waals surface area contributed by atoms with E-state index in [-0.39, 0.29) is 11.8 Å². The third-order valence-corrected chi connectivity index (χ3v) is 5.50. The smallest absolute Gasteiger partial charge is 0.220 e. The first kappa shape index (κ1) is 22.5. The van der Waals surface area contributed by atoms with Crippen molar-refractivity contribution in [3.63, 3.8) is 0 Å². The van der Waals surface area contributed by atoms with Gasteiger partial charge in [0.25, 0.3) is 0 Å². The highest BCUT2D eigenvalue weighted by molar-refractivity contribution is 6.31. The van der Waals surface area contributed by atoms with E-state index >= 15 is 0 Å². The maximum Gasteiger partial charge on any atom is 0.220 e. The summed E-state index contributed by atoms with van der Waals surface area (Å²) in [7, 11) is 0. The molecule has 4 N–H and O–H groups in total. The van der Waals surface area contributed by atoms with Crippen molar-refractivity contribution in [1.29, 1.82) is 0 Å². The zero-order valence-electron chi connectivity index (χ0n) is 16.9. The van der Waals surface area contributed by atoms with Gasteiger partial charge in [-0.05, 0) is 70.3 Å². The first-order valence-corrected chi connectivity index (χ1v) is 10.7. The van der Waals surface area contributed by atoms with Gasteiger partial charge in [0.2, 0.25) is 5.91 Å². The van der Waals surface area contributed by atoms with Crippen molar-refractivity contribution in [3.05, 3.63) is 34.9 Å². The molecule has 1 aliphatic rings. The molecule has 0 radical (unpaired) electrons. The summed E-state index contributed by atoms with van der Waals surface area (Å²) in [5.41, 5.74) is 6.54. The van der Waals surface area contributed by atoms with Crippen LogP contribution in [0.15, 0.2) is 29.3 Å². The molecule has 6 nitrogen and oxygen atoms in total. The van der Waals surface area contributed by atoms with E-state index in [0.717, 1.165) is 87.9 Å². The molecule has 0 bridgehead atoms. The molecule has 0 unspecified atom stereocenters. The molecule has 1 aliphatic heterocycles. The van der Waals surface area contributed by atoms with Crippen LogP contribution >= 0.6 is 11.6 Å². The molecular weight excluding hydrogens is 374 g/mol. The van der Waals surface area contributed by atoms with Gasteiger partial charge >= 0.3 is 0 Å². The van der Waals surface area contributed by atoms with Gasteiger partial charge in [0.15, 0.2) is 5.96 Å². The number of carbonyl (C=O) groups is 1. The van der Waals surface area contributed by atoms with Gasteiger partial charge in [-0.1, -0.05) is 29.8 Å². The van der Waals surface area contributed by atoms with Crippen LogP contribution in [0, 0.1) is 5.92 Å². The molecule has 0 saturated carbocycles. The van der Waals surface area contributed by atoms with Crippen LogP contribution in [0.3, 0.4) is 0 Å². The van der Waals surface area contributed by atoms with Crippen molar-refractivity contribution >= 4 is 23.5 Å². The standard InChI is InChI=1S/C21H34ClN5O/c1-2-24-21(26-13-9-17-7-3-4-8-19(17)22)25-12-5-6-14-27-15-10-18(11-16-27)20(23)28/h3-4,7-8,18H,2,5-6,9-16H2,1H3,(H2,23,28)(H2,24,25,26). The normalized spacial score (nSPS) is 16.1. The van der Waals surface area contributed by atoms with Gasteiger partial charge in [0.1, 0.15) is 0 Å². The van der Waals surface area contributed by atoms with Crippen LogP contribution in [0.5, 0.6) is 0 Å². The summed E-state index contributed by atoms with van der Waals surface area (Å²) < 4.78 is 0. The zero-order chi connectivity index (χ0) is 20.2. The minimum absolute atomic E-state index is 0.0698. The van der Waals surface area contributed by atoms with Gasteiger partial charge < -0.3 is 21.3 Å². The molecule has 1 amide bonds. The van der Waals surface area contributed by atoms with Crippen molar-refractivity contribution < 1.29 is 4.79 Å². The highest BCUT2D eigenvalue weighted by Gasteiger charge is 2.22. The Morgan fingerprint density at radius 3 is 2.68 bits per heavy atom. The fourth-order valence-electron chi connectivity index (χ4n) is 3.44. The maximum atomic E-state index is 11.2. The second kappa shape index (κ2) is 12.6. The van der Waals surface area contributed by atoms with Crippen LogP contribution < -0.4 is 16.4 Å². The first-order valence-electron chi connectivity index (χ1n) is 10.4. The lowest BCUT2D eigenvalue weighted by Gasteiger charge is -2.30. The summed E-state index contributed by atoms with van der Waals surface area (Å²) in [5, 5.41) is 7.48. The van der Waals surface area contributed by atoms with Gasteiger partial charge in [-0.2, -0.15) is 0 Å². The summed E-state index contributed by atoms with van der Waals surface area (Å²) in [4.78, 5) is 18.3. The van der Waals surface area contributed by atoms with Crippen molar-refractivity contribution in [2.75, 3.05) is 39.3 Å². The largest absolute Gasteiger partial charge is 0.369 e. The second-order valence-corrected chi connectivity index (χ2v) is 7.66. The van der Waals surface area contributed by atoms with Gasteiger partial charge in [-0.3, -0.25) is 9.79 Å². The number of amides is 1. The van der Waals surface area contributed by atoms with Crippen molar-refractivity contribution in [2.24, 2.45) is 16.6 Å². The average molecular weight is 408 g/mol. The number of hydrogen-bond donors (Lipinski definition) is 3. The summed E-state index contributed by atoms with van der Waals surface area (Å²) in [6.45, 7) is 7.53. The number of guanidine groups is 1. The molecule has 7 heteroatoms. The van der Waals surface area contributed by atoms with E-state index in [0.29, 0.717) is 0 Å². The lowest BCUT2D eigenvalue weighted by molar-refractivity contribution is -0.123. The van der Waals surface area contributed by atoms with Gasteiger partial charge in [0, 0.05) is 30.6 Å². The predicted molar refractivity (Wildman–Crippen MR) is 117 cm³/mol. The quantitative estimate of drug-likeness (QED) is 0.316. The minimum atomic E-state index is -0.146. The number of halogens is 1. The second-order valence-electron chi connectivity index (χ2n) is 7.25. The van der Waals surface area contributed by atoms with E-state index in [4.69, 9.17) is 17.3 Å². The number of unbranched alkanes of at least 4 members (excludes halogenated alkanes) is 1. The highest BCUT2D eigenvalue weighted by atomic mass is 35.5. The number of likely N-dealkylation sites (tertiary alicyclic amines) is 1. The van der Waals surface area contributed by atoms with E-state index in [1.165, 1.54) is 0 Å². The van der Waals surface area contributed by atoms with E-state index in [1.54, 1.807) is 0 Å². The predicted octanol–water partition coefficient (Wildman–Crippen LogP) is 2.42. The van der Waals surface area contributed by atoms with Crippen molar-refractivity contribution in [3.8, 4) is 0 Å². The number of primary amides is 1. The molecule has 2 rings (SSSR count). The van der Waals surface area contributed by atoms with E-state index in [9.17, 15) is 4.79 Å². The average Bonchev–Trinajstić information content (AvgIpc) is 2.69. The fourth-order valence-corrected chi connectivity index (χ4v) is 3.67. The molecular formula is C21H34ClN5O. The number of nitrogens with two attached hydrogens (primary N) is 1. The topological polar surface area (TPSA) is 82.8 Å². The Morgan fingerprint density at radius 1 is 1.25 bits per heavy atom. The monoisotopic (exact) mass is 407 g/mol. The molecule has 0 aliphatic carbocycles. The van der Waals surface area contributed by atoms with Crippen LogP contribution in [0.1, 0.15) is 38.2 Å². The number of nitrogens with one attached hydrogen (secondary N) is 2. The molecule has 1 heterocycles. The summed E-state index contributed by atoms with van der Waals surface area (Å²) >= 11 is 6.21. The Bertz CT molecular complexity index is 629. The maximum absolute atomic E-state index is 11.2. The molecule has 0 spiro atoms. The third-order valence-electron chi connectivity index (χ3n) is 5.13. The number of carbonyl (C=O) groups excluding carboxylic acids is 1. The van der Waals surface area contributed by atoms with Gasteiger partial charge in [-0.25, -0.2) is 0 Å². The highest BCUT2D eigenvalue weighted by Crippen LogP contribution is 2.17.